The largest absolute Gasteiger partial charge is 0.347 e. The van der Waals surface area contributed by atoms with Gasteiger partial charge in [-0.1, -0.05) is 17.3 Å². The first kappa shape index (κ1) is 12.8. The zero-order valence-electron chi connectivity index (χ0n) is 11.0. The van der Waals surface area contributed by atoms with E-state index >= 15 is 0 Å². The van der Waals surface area contributed by atoms with Gasteiger partial charge in [0, 0.05) is 5.92 Å². The van der Waals surface area contributed by atoms with Crippen LogP contribution in [0.15, 0.2) is 28.8 Å². The van der Waals surface area contributed by atoms with E-state index in [4.69, 9.17) is 4.52 Å². The predicted octanol–water partition coefficient (Wildman–Crippen LogP) is 1.94. The minimum Gasteiger partial charge on any atom is -0.347 e. The normalized spacial score (nSPS) is 20.7. The number of benzene rings is 1. The zero-order chi connectivity index (χ0) is 14.1. The molecule has 20 heavy (non-hydrogen) atoms. The summed E-state index contributed by atoms with van der Waals surface area (Å²) in [6.07, 6.45) is 0.748. The maximum atomic E-state index is 13.1. The number of nitrogens with one attached hydrogen (secondary N) is 1. The number of aromatic nitrogens is 2. The first-order chi connectivity index (χ1) is 9.63. The van der Waals surface area contributed by atoms with Gasteiger partial charge in [0.05, 0.1) is 6.54 Å². The van der Waals surface area contributed by atoms with Crippen LogP contribution in [-0.4, -0.2) is 16.0 Å². The zero-order valence-corrected chi connectivity index (χ0v) is 11.0. The van der Waals surface area contributed by atoms with Crippen molar-refractivity contribution < 1.29 is 13.7 Å². The Hall–Kier alpha value is -2.24. The summed E-state index contributed by atoms with van der Waals surface area (Å²) in [6, 6.07) is 6.40. The quantitative estimate of drug-likeness (QED) is 0.925. The van der Waals surface area contributed by atoms with E-state index in [0.29, 0.717) is 11.7 Å². The fourth-order valence-corrected chi connectivity index (χ4v) is 2.30. The van der Waals surface area contributed by atoms with E-state index < -0.39 is 0 Å². The minimum absolute atomic E-state index is 0.0601. The third-order valence-electron chi connectivity index (χ3n) is 3.39. The maximum absolute atomic E-state index is 13.1. The van der Waals surface area contributed by atoms with Crippen molar-refractivity contribution in [2.45, 2.75) is 25.8 Å². The molecule has 0 unspecified atom stereocenters. The average Bonchev–Trinajstić information content (AvgIpc) is 3.13. The summed E-state index contributed by atoms with van der Waals surface area (Å²) < 4.78 is 18.0. The lowest BCUT2D eigenvalue weighted by molar-refractivity contribution is -0.122. The van der Waals surface area contributed by atoms with Gasteiger partial charge in [-0.25, -0.2) is 4.39 Å². The van der Waals surface area contributed by atoms with Gasteiger partial charge in [0.15, 0.2) is 5.82 Å². The standard InChI is InChI=1S/C14H14FN3O2/c1-8-17-13(20-18-8)7-16-14(19)12-6-11(12)9-3-2-4-10(15)5-9/h2-5,11-12H,6-7H2,1H3,(H,16,19)/t11-,12-/m1/s1. The smallest absolute Gasteiger partial charge is 0.246 e. The summed E-state index contributed by atoms with van der Waals surface area (Å²) in [7, 11) is 0. The highest BCUT2D eigenvalue weighted by Gasteiger charge is 2.43. The molecule has 104 valence electrons. The Labute approximate surface area is 115 Å². The molecular weight excluding hydrogens is 261 g/mol. The van der Waals surface area contributed by atoms with E-state index in [1.165, 1.54) is 12.1 Å². The van der Waals surface area contributed by atoms with Crippen molar-refractivity contribution in [3.63, 3.8) is 0 Å². The number of carbonyl (C=O) groups excluding carboxylic acids is 1. The Kier molecular flexibility index (Phi) is 3.22. The van der Waals surface area contributed by atoms with Crippen molar-refractivity contribution >= 4 is 5.91 Å². The molecule has 3 rings (SSSR count). The molecule has 1 aromatic carbocycles. The lowest BCUT2D eigenvalue weighted by atomic mass is 10.1. The van der Waals surface area contributed by atoms with E-state index in [-0.39, 0.29) is 30.1 Å². The van der Waals surface area contributed by atoms with E-state index in [1.807, 2.05) is 6.07 Å². The van der Waals surface area contributed by atoms with Crippen LogP contribution in [0.1, 0.15) is 29.6 Å². The molecule has 1 fully saturated rings. The number of halogens is 1. The second kappa shape index (κ2) is 5.03. The lowest BCUT2D eigenvalue weighted by Gasteiger charge is -2.02. The summed E-state index contributed by atoms with van der Waals surface area (Å²) >= 11 is 0. The molecule has 1 aromatic heterocycles. The van der Waals surface area contributed by atoms with Gasteiger partial charge in [-0.3, -0.25) is 4.79 Å². The second-order valence-electron chi connectivity index (χ2n) is 4.96. The number of hydrogen-bond acceptors (Lipinski definition) is 4. The Bertz CT molecular complexity index is 641. The number of nitrogens with zero attached hydrogens (tertiary/aromatic N) is 2. The van der Waals surface area contributed by atoms with Gasteiger partial charge in [0.1, 0.15) is 5.82 Å². The summed E-state index contributed by atoms with van der Waals surface area (Å²) in [6.45, 7) is 1.95. The van der Waals surface area contributed by atoms with Crippen LogP contribution in [0, 0.1) is 18.7 Å². The summed E-state index contributed by atoms with van der Waals surface area (Å²) in [5, 5.41) is 6.41. The Morgan fingerprint density at radius 3 is 3.10 bits per heavy atom. The highest BCUT2D eigenvalue weighted by Crippen LogP contribution is 2.47. The molecular formula is C14H14FN3O2. The molecule has 5 nitrogen and oxygen atoms in total. The van der Waals surface area contributed by atoms with Crippen LogP contribution in [0.2, 0.25) is 0 Å². The summed E-state index contributed by atoms with van der Waals surface area (Å²) in [5.74, 6) is 0.609. The molecule has 0 aliphatic heterocycles. The number of rotatable bonds is 4. The van der Waals surface area contributed by atoms with Crippen molar-refractivity contribution in [3.8, 4) is 0 Å². The van der Waals surface area contributed by atoms with Gasteiger partial charge in [0.2, 0.25) is 11.8 Å². The fourth-order valence-electron chi connectivity index (χ4n) is 2.30. The summed E-state index contributed by atoms with van der Waals surface area (Å²) in [5.41, 5.74) is 0.874. The van der Waals surface area contributed by atoms with Crippen LogP contribution >= 0.6 is 0 Å². The van der Waals surface area contributed by atoms with E-state index in [1.54, 1.807) is 13.0 Å². The molecule has 1 saturated carbocycles. The van der Waals surface area contributed by atoms with Crippen LogP contribution in [0.25, 0.3) is 0 Å². The monoisotopic (exact) mass is 275 g/mol. The number of aryl methyl sites for hydroxylation is 1. The van der Waals surface area contributed by atoms with Gasteiger partial charge in [-0.2, -0.15) is 4.98 Å². The Morgan fingerprint density at radius 2 is 2.40 bits per heavy atom. The molecule has 1 amide bonds. The molecule has 6 heteroatoms. The Balaban J connectivity index is 1.55. The lowest BCUT2D eigenvalue weighted by Crippen LogP contribution is -2.25. The Morgan fingerprint density at radius 1 is 1.55 bits per heavy atom. The molecule has 0 spiro atoms. The molecule has 1 N–H and O–H groups in total. The van der Waals surface area contributed by atoms with Crippen molar-refractivity contribution in [1.29, 1.82) is 0 Å². The van der Waals surface area contributed by atoms with Crippen molar-refractivity contribution in [2.24, 2.45) is 5.92 Å². The van der Waals surface area contributed by atoms with Gasteiger partial charge in [0.25, 0.3) is 0 Å². The third kappa shape index (κ3) is 2.68. The topological polar surface area (TPSA) is 68.0 Å². The fraction of sp³-hybridized carbons (Fsp3) is 0.357. The van der Waals surface area contributed by atoms with Crippen LogP contribution in [0.3, 0.4) is 0 Å². The average molecular weight is 275 g/mol. The summed E-state index contributed by atoms with van der Waals surface area (Å²) in [4.78, 5) is 16.0. The SMILES string of the molecule is Cc1noc(CNC(=O)[C@@H]2C[C@@H]2c2cccc(F)c2)n1. The first-order valence-electron chi connectivity index (χ1n) is 6.46. The number of carbonyl (C=O) groups is 1. The van der Waals surface area contributed by atoms with E-state index in [2.05, 4.69) is 15.5 Å². The van der Waals surface area contributed by atoms with Gasteiger partial charge < -0.3 is 9.84 Å². The molecule has 0 radical (unpaired) electrons. The second-order valence-corrected chi connectivity index (χ2v) is 4.96. The maximum Gasteiger partial charge on any atom is 0.246 e. The molecule has 0 saturated heterocycles. The van der Waals surface area contributed by atoms with Crippen LogP contribution < -0.4 is 5.32 Å². The van der Waals surface area contributed by atoms with Crippen molar-refractivity contribution in [1.82, 2.24) is 15.5 Å². The van der Waals surface area contributed by atoms with E-state index in [9.17, 15) is 9.18 Å². The highest BCUT2D eigenvalue weighted by molar-refractivity contribution is 5.82. The molecule has 1 aliphatic rings. The molecule has 0 bridgehead atoms. The van der Waals surface area contributed by atoms with Crippen LogP contribution in [0.4, 0.5) is 4.39 Å². The molecule has 2 aromatic rings. The molecule has 2 atom stereocenters. The van der Waals surface area contributed by atoms with Gasteiger partial charge in [-0.05, 0) is 37.0 Å². The van der Waals surface area contributed by atoms with Crippen molar-refractivity contribution in [2.75, 3.05) is 0 Å². The van der Waals surface area contributed by atoms with Gasteiger partial charge >= 0.3 is 0 Å². The molecule has 1 heterocycles. The van der Waals surface area contributed by atoms with Crippen LogP contribution in [0.5, 0.6) is 0 Å². The first-order valence-corrected chi connectivity index (χ1v) is 6.46. The number of hydrogen-bond donors (Lipinski definition) is 1. The highest BCUT2D eigenvalue weighted by atomic mass is 19.1. The number of amides is 1. The van der Waals surface area contributed by atoms with Crippen molar-refractivity contribution in [3.05, 3.63) is 47.4 Å². The molecule has 1 aliphatic carbocycles. The van der Waals surface area contributed by atoms with Crippen LogP contribution in [-0.2, 0) is 11.3 Å². The van der Waals surface area contributed by atoms with Gasteiger partial charge in [-0.15, -0.1) is 0 Å². The predicted molar refractivity (Wildman–Crippen MR) is 68.1 cm³/mol. The third-order valence-corrected chi connectivity index (χ3v) is 3.39. The van der Waals surface area contributed by atoms with E-state index in [0.717, 1.165) is 12.0 Å². The minimum atomic E-state index is -0.269.